The summed E-state index contributed by atoms with van der Waals surface area (Å²) in [4.78, 5) is 17.7. The normalized spacial score (nSPS) is 14.0. The zero-order valence-electron chi connectivity index (χ0n) is 15.6. The third kappa shape index (κ3) is 3.64. The predicted molar refractivity (Wildman–Crippen MR) is 122 cm³/mol. The molecule has 0 fully saturated rings. The van der Waals surface area contributed by atoms with Crippen LogP contribution in [0, 0.1) is 10.9 Å². The van der Waals surface area contributed by atoms with E-state index in [4.69, 9.17) is 23.8 Å². The van der Waals surface area contributed by atoms with Gasteiger partial charge < -0.3 is 5.11 Å². The van der Waals surface area contributed by atoms with Crippen LogP contribution in [0.15, 0.2) is 47.5 Å². The summed E-state index contributed by atoms with van der Waals surface area (Å²) in [5, 5.41) is 11.0. The van der Waals surface area contributed by atoms with Crippen molar-refractivity contribution in [3.63, 3.8) is 0 Å². The van der Waals surface area contributed by atoms with Crippen LogP contribution in [0.1, 0.15) is 33.3 Å². The summed E-state index contributed by atoms with van der Waals surface area (Å²) in [6, 6.07) is 12.9. The number of thiazole rings is 1. The number of allylic oxidation sites excluding steroid dienone is 1. The zero-order valence-corrected chi connectivity index (χ0v) is 18.0. The molecule has 0 saturated carbocycles. The van der Waals surface area contributed by atoms with Gasteiger partial charge in [-0.1, -0.05) is 47.2 Å². The number of amides is 1. The average molecular weight is 442 g/mol. The Morgan fingerprint density at radius 3 is 2.79 bits per heavy atom. The molecule has 1 amide bonds. The molecule has 0 unspecified atom stereocenters. The fraction of sp³-hybridized carbons (Fsp3) is 0.0952. The van der Waals surface area contributed by atoms with Crippen molar-refractivity contribution in [3.05, 3.63) is 73.0 Å². The van der Waals surface area contributed by atoms with Crippen molar-refractivity contribution in [3.8, 4) is 5.88 Å². The second-order valence-electron chi connectivity index (χ2n) is 6.59. The van der Waals surface area contributed by atoms with E-state index >= 15 is 0 Å². The molecule has 2 aromatic carbocycles. The molecule has 0 radical (unpaired) electrons. The van der Waals surface area contributed by atoms with Crippen LogP contribution < -0.4 is 5.43 Å². The Morgan fingerprint density at radius 2 is 2.03 bits per heavy atom. The molecule has 2 heterocycles. The van der Waals surface area contributed by atoms with Crippen LogP contribution in [0.25, 0.3) is 11.6 Å². The number of hydrogen-bond acceptors (Lipinski definition) is 5. The van der Waals surface area contributed by atoms with E-state index in [2.05, 4.69) is 10.4 Å². The van der Waals surface area contributed by atoms with Gasteiger partial charge in [0.25, 0.3) is 5.91 Å². The van der Waals surface area contributed by atoms with E-state index in [0.717, 1.165) is 28.1 Å². The molecule has 8 heteroatoms. The number of hydrogen-bond donors (Lipinski definition) is 2. The van der Waals surface area contributed by atoms with Gasteiger partial charge in [-0.05, 0) is 55.9 Å². The molecular weight excluding hydrogens is 426 g/mol. The summed E-state index contributed by atoms with van der Waals surface area (Å²) in [5.41, 5.74) is 7.52. The fourth-order valence-corrected chi connectivity index (χ4v) is 4.58. The molecule has 4 rings (SSSR count). The monoisotopic (exact) mass is 441 g/mol. The van der Waals surface area contributed by atoms with Gasteiger partial charge in [-0.2, -0.15) is 4.68 Å². The number of aromatic hydroxyl groups is 1. The standard InChI is InChI=1S/C21H16ClN3O2S2/c1-11-7-8-14(16(22)9-11)19(26)24-25-20(27)18(29-21(25)28)10-15-12(2)23-17-6-4-3-5-13(15)17/h3-10,27H,1-2H3,(H,24,26). The molecule has 0 bridgehead atoms. The lowest BCUT2D eigenvalue weighted by Gasteiger charge is -2.09. The Kier molecular flexibility index (Phi) is 5.12. The Balaban J connectivity index is 1.68. The van der Waals surface area contributed by atoms with Crippen LogP contribution >= 0.6 is 35.2 Å². The number of nitrogens with zero attached hydrogens (tertiary/aromatic N) is 2. The average Bonchev–Trinajstić information content (AvgIpc) is 3.13. The van der Waals surface area contributed by atoms with Gasteiger partial charge in [-0.25, -0.2) is 0 Å². The lowest BCUT2D eigenvalue weighted by Crippen LogP contribution is -2.22. The van der Waals surface area contributed by atoms with E-state index in [1.54, 1.807) is 18.2 Å². The summed E-state index contributed by atoms with van der Waals surface area (Å²) in [6.07, 6.45) is 1.84. The summed E-state index contributed by atoms with van der Waals surface area (Å²) in [6.45, 7) is 3.81. The molecule has 29 heavy (non-hydrogen) atoms. The van der Waals surface area contributed by atoms with Crippen molar-refractivity contribution >= 4 is 64.1 Å². The van der Waals surface area contributed by atoms with E-state index in [-0.39, 0.29) is 5.88 Å². The van der Waals surface area contributed by atoms with Gasteiger partial charge in [0, 0.05) is 16.8 Å². The molecule has 0 aliphatic carbocycles. The number of halogens is 1. The maximum absolute atomic E-state index is 12.6. The van der Waals surface area contributed by atoms with Crippen molar-refractivity contribution in [1.29, 1.82) is 0 Å². The number of para-hydroxylation sites is 1. The van der Waals surface area contributed by atoms with Gasteiger partial charge in [0.05, 0.1) is 21.2 Å². The number of carbonyl (C=O) groups is 1. The molecular formula is C21H16ClN3O2S2. The quantitative estimate of drug-likeness (QED) is 0.491. The molecule has 3 aromatic rings. The number of carbonyl (C=O) groups excluding carboxylic acids is 1. The number of aliphatic imine (C=N–C) groups is 1. The first-order chi connectivity index (χ1) is 13.8. The van der Waals surface area contributed by atoms with Gasteiger partial charge in [0.15, 0.2) is 3.95 Å². The molecule has 0 saturated heterocycles. The smallest absolute Gasteiger partial charge is 0.271 e. The van der Waals surface area contributed by atoms with E-state index in [0.29, 0.717) is 19.4 Å². The van der Waals surface area contributed by atoms with E-state index in [9.17, 15) is 9.90 Å². The Labute approximate surface area is 181 Å². The topological polar surface area (TPSA) is 66.6 Å². The van der Waals surface area contributed by atoms with Crippen molar-refractivity contribution in [1.82, 2.24) is 4.68 Å². The number of fused-ring (bicyclic) bond motifs is 1. The number of nitrogens with one attached hydrogen (secondary N) is 1. The lowest BCUT2D eigenvalue weighted by molar-refractivity contribution is 0.101. The minimum Gasteiger partial charge on any atom is -0.492 e. The Morgan fingerprint density at radius 1 is 1.28 bits per heavy atom. The highest BCUT2D eigenvalue weighted by Gasteiger charge is 2.20. The molecule has 146 valence electrons. The maximum atomic E-state index is 12.6. The second-order valence-corrected chi connectivity index (χ2v) is 8.67. The van der Waals surface area contributed by atoms with Gasteiger partial charge in [0.2, 0.25) is 5.88 Å². The third-order valence-corrected chi connectivity index (χ3v) is 6.17. The van der Waals surface area contributed by atoms with Gasteiger partial charge in [-0.3, -0.25) is 15.2 Å². The fourth-order valence-electron chi connectivity index (χ4n) is 3.09. The van der Waals surface area contributed by atoms with Gasteiger partial charge in [0.1, 0.15) is 0 Å². The van der Waals surface area contributed by atoms with Crippen molar-refractivity contribution < 1.29 is 9.90 Å². The summed E-state index contributed by atoms with van der Waals surface area (Å²) >= 11 is 12.7. The van der Waals surface area contributed by atoms with E-state index in [1.165, 1.54) is 16.0 Å². The van der Waals surface area contributed by atoms with Crippen molar-refractivity contribution in [2.45, 2.75) is 13.8 Å². The molecule has 1 aliphatic rings. The summed E-state index contributed by atoms with van der Waals surface area (Å²) < 4.78 is 1.50. The number of aryl methyl sites for hydroxylation is 1. The number of aromatic nitrogens is 1. The molecule has 5 nitrogen and oxygen atoms in total. The second kappa shape index (κ2) is 7.59. The first kappa shape index (κ1) is 19.6. The summed E-state index contributed by atoms with van der Waals surface area (Å²) in [7, 11) is 0. The molecule has 2 N–H and O–H groups in total. The highest BCUT2D eigenvalue weighted by molar-refractivity contribution is 7.73. The minimum absolute atomic E-state index is 0.138. The highest BCUT2D eigenvalue weighted by Crippen LogP contribution is 2.38. The van der Waals surface area contributed by atoms with Crippen LogP contribution in [0.3, 0.4) is 0 Å². The van der Waals surface area contributed by atoms with Crippen molar-refractivity contribution in [2.75, 3.05) is 5.43 Å². The molecule has 1 aliphatic heterocycles. The highest BCUT2D eigenvalue weighted by atomic mass is 35.5. The SMILES string of the molecule is CC1=Nc2ccccc2C1=Cc1sc(=S)n(NC(=O)c2ccc(C)cc2Cl)c1O. The van der Waals surface area contributed by atoms with Crippen LogP contribution in [0.5, 0.6) is 5.88 Å². The zero-order chi connectivity index (χ0) is 20.7. The molecule has 0 atom stereocenters. The predicted octanol–water partition coefficient (Wildman–Crippen LogP) is 5.98. The van der Waals surface area contributed by atoms with Crippen LogP contribution in [-0.4, -0.2) is 21.4 Å². The van der Waals surface area contributed by atoms with Crippen LogP contribution in [-0.2, 0) is 0 Å². The first-order valence-electron chi connectivity index (χ1n) is 8.74. The third-order valence-electron chi connectivity index (χ3n) is 4.54. The lowest BCUT2D eigenvalue weighted by atomic mass is 10.0. The first-order valence-corrected chi connectivity index (χ1v) is 10.3. The van der Waals surface area contributed by atoms with Gasteiger partial charge in [-0.15, -0.1) is 0 Å². The van der Waals surface area contributed by atoms with E-state index < -0.39 is 5.91 Å². The van der Waals surface area contributed by atoms with Crippen molar-refractivity contribution in [2.24, 2.45) is 4.99 Å². The Bertz CT molecular complexity index is 1270. The minimum atomic E-state index is -0.456. The maximum Gasteiger partial charge on any atom is 0.271 e. The largest absolute Gasteiger partial charge is 0.492 e. The number of rotatable bonds is 3. The van der Waals surface area contributed by atoms with Gasteiger partial charge >= 0.3 is 0 Å². The Hall–Kier alpha value is -2.74. The van der Waals surface area contributed by atoms with Crippen LogP contribution in [0.2, 0.25) is 5.02 Å². The molecule has 0 spiro atoms. The summed E-state index contributed by atoms with van der Waals surface area (Å²) in [5.74, 6) is -0.594. The van der Waals surface area contributed by atoms with E-state index in [1.807, 2.05) is 44.2 Å². The molecule has 1 aromatic heterocycles. The van der Waals surface area contributed by atoms with Crippen LogP contribution in [0.4, 0.5) is 5.69 Å². The number of benzene rings is 2.